The lowest BCUT2D eigenvalue weighted by molar-refractivity contribution is 0.106. The van der Waals surface area contributed by atoms with Crippen molar-refractivity contribution in [3.63, 3.8) is 0 Å². The van der Waals surface area contributed by atoms with Crippen molar-refractivity contribution >= 4 is 0 Å². The zero-order valence-corrected chi connectivity index (χ0v) is 11.4. The molecule has 0 aliphatic heterocycles. The maximum Gasteiger partial charge on any atom is 0.0416 e. The van der Waals surface area contributed by atoms with Crippen LogP contribution >= 0.6 is 0 Å². The van der Waals surface area contributed by atoms with Crippen LogP contribution in [0.25, 0.3) is 0 Å². The van der Waals surface area contributed by atoms with Crippen LogP contribution in [0.2, 0.25) is 0 Å². The van der Waals surface area contributed by atoms with Crippen LogP contribution in [-0.4, -0.2) is 35.1 Å². The highest BCUT2D eigenvalue weighted by Crippen LogP contribution is 2.34. The molecule has 0 spiro atoms. The number of rotatable bonds is 6. The molecule has 1 heterocycles. The Hall–Kier alpha value is -0.930. The summed E-state index contributed by atoms with van der Waals surface area (Å²) in [5, 5.41) is 0. The SMILES string of the molecule is CCN(CCc1ccccn1)C1(CN)CCCC1. The average molecular weight is 247 g/mol. The second-order valence-electron chi connectivity index (χ2n) is 5.29. The first-order valence-electron chi connectivity index (χ1n) is 7.16. The molecule has 0 bridgehead atoms. The van der Waals surface area contributed by atoms with E-state index < -0.39 is 0 Å². The molecule has 1 aromatic heterocycles. The van der Waals surface area contributed by atoms with Gasteiger partial charge in [-0.25, -0.2) is 0 Å². The minimum Gasteiger partial charge on any atom is -0.329 e. The van der Waals surface area contributed by atoms with Gasteiger partial charge in [-0.1, -0.05) is 25.8 Å². The van der Waals surface area contributed by atoms with Crippen molar-refractivity contribution < 1.29 is 0 Å². The van der Waals surface area contributed by atoms with Gasteiger partial charge in [0, 0.05) is 36.9 Å². The number of pyridine rings is 1. The van der Waals surface area contributed by atoms with Crippen LogP contribution in [-0.2, 0) is 6.42 Å². The molecule has 1 saturated carbocycles. The number of nitrogens with two attached hydrogens (primary N) is 1. The summed E-state index contributed by atoms with van der Waals surface area (Å²) in [7, 11) is 0. The van der Waals surface area contributed by atoms with Gasteiger partial charge in [0.15, 0.2) is 0 Å². The molecule has 100 valence electrons. The molecule has 1 aromatic rings. The molecule has 2 rings (SSSR count). The van der Waals surface area contributed by atoms with E-state index in [1.807, 2.05) is 12.3 Å². The van der Waals surface area contributed by atoms with E-state index in [-0.39, 0.29) is 5.54 Å². The molecule has 0 unspecified atom stereocenters. The molecule has 1 aliphatic rings. The fraction of sp³-hybridized carbons (Fsp3) is 0.667. The molecule has 0 aromatic carbocycles. The van der Waals surface area contributed by atoms with Crippen LogP contribution in [0, 0.1) is 0 Å². The molecular weight excluding hydrogens is 222 g/mol. The van der Waals surface area contributed by atoms with Crippen LogP contribution < -0.4 is 5.73 Å². The third-order valence-corrected chi connectivity index (χ3v) is 4.33. The van der Waals surface area contributed by atoms with Crippen molar-refractivity contribution in [3.05, 3.63) is 30.1 Å². The first-order valence-corrected chi connectivity index (χ1v) is 7.16. The van der Waals surface area contributed by atoms with Gasteiger partial charge in [-0.2, -0.15) is 0 Å². The predicted octanol–water partition coefficient (Wildman–Crippen LogP) is 2.22. The average Bonchev–Trinajstić information content (AvgIpc) is 2.91. The first kappa shape index (κ1) is 13.5. The highest BCUT2D eigenvalue weighted by atomic mass is 15.2. The lowest BCUT2D eigenvalue weighted by atomic mass is 9.94. The minimum atomic E-state index is 0.267. The molecule has 0 atom stereocenters. The Bertz CT molecular complexity index is 344. The lowest BCUT2D eigenvalue weighted by Gasteiger charge is -2.40. The van der Waals surface area contributed by atoms with Gasteiger partial charge < -0.3 is 5.73 Å². The second-order valence-corrected chi connectivity index (χ2v) is 5.29. The third-order valence-electron chi connectivity index (χ3n) is 4.33. The van der Waals surface area contributed by atoms with Gasteiger partial charge in [0.05, 0.1) is 0 Å². The van der Waals surface area contributed by atoms with Gasteiger partial charge in [-0.15, -0.1) is 0 Å². The quantitative estimate of drug-likeness (QED) is 0.838. The van der Waals surface area contributed by atoms with Crippen LogP contribution in [0.4, 0.5) is 0 Å². The molecule has 3 nitrogen and oxygen atoms in total. The fourth-order valence-corrected chi connectivity index (χ4v) is 3.21. The van der Waals surface area contributed by atoms with Gasteiger partial charge in [0.25, 0.3) is 0 Å². The molecule has 3 heteroatoms. The monoisotopic (exact) mass is 247 g/mol. The van der Waals surface area contributed by atoms with Crippen molar-refractivity contribution in [1.29, 1.82) is 0 Å². The van der Waals surface area contributed by atoms with Gasteiger partial charge in [-0.3, -0.25) is 9.88 Å². The van der Waals surface area contributed by atoms with Crippen molar-refractivity contribution in [3.8, 4) is 0 Å². The first-order chi connectivity index (χ1) is 8.80. The summed E-state index contributed by atoms with van der Waals surface area (Å²) in [4.78, 5) is 6.98. The van der Waals surface area contributed by atoms with E-state index in [0.717, 1.165) is 26.1 Å². The third kappa shape index (κ3) is 2.90. The van der Waals surface area contributed by atoms with Crippen molar-refractivity contribution in [2.24, 2.45) is 5.73 Å². The van der Waals surface area contributed by atoms with Crippen LogP contribution in [0.15, 0.2) is 24.4 Å². The highest BCUT2D eigenvalue weighted by Gasteiger charge is 2.37. The zero-order valence-electron chi connectivity index (χ0n) is 11.4. The maximum atomic E-state index is 6.06. The number of hydrogen-bond acceptors (Lipinski definition) is 3. The lowest BCUT2D eigenvalue weighted by Crippen LogP contribution is -2.52. The number of hydrogen-bond donors (Lipinski definition) is 1. The standard InChI is InChI=1S/C15H25N3/c1-2-18(15(13-16)9-4-5-10-15)12-8-14-7-3-6-11-17-14/h3,6-7,11H,2,4-5,8-10,12-13,16H2,1H3. The Balaban J connectivity index is 1.96. The Morgan fingerprint density at radius 2 is 2.11 bits per heavy atom. The number of nitrogens with zero attached hydrogens (tertiary/aromatic N) is 2. The Morgan fingerprint density at radius 3 is 2.67 bits per heavy atom. The predicted molar refractivity (Wildman–Crippen MR) is 75.4 cm³/mol. The smallest absolute Gasteiger partial charge is 0.0416 e. The fourth-order valence-electron chi connectivity index (χ4n) is 3.21. The highest BCUT2D eigenvalue weighted by molar-refractivity contribution is 5.05. The Kier molecular flexibility index (Phi) is 4.72. The van der Waals surface area contributed by atoms with E-state index in [1.165, 1.54) is 31.4 Å². The number of likely N-dealkylation sites (N-methyl/N-ethyl adjacent to an activating group) is 1. The normalized spacial score (nSPS) is 18.4. The summed E-state index contributed by atoms with van der Waals surface area (Å²) in [5.74, 6) is 0. The topological polar surface area (TPSA) is 42.2 Å². The van der Waals surface area contributed by atoms with Gasteiger partial charge in [0.1, 0.15) is 0 Å². The summed E-state index contributed by atoms with van der Waals surface area (Å²) in [6.07, 6.45) is 8.09. The molecular formula is C15H25N3. The summed E-state index contributed by atoms with van der Waals surface area (Å²) in [6, 6.07) is 6.14. The molecule has 18 heavy (non-hydrogen) atoms. The van der Waals surface area contributed by atoms with Crippen molar-refractivity contribution in [2.75, 3.05) is 19.6 Å². The largest absolute Gasteiger partial charge is 0.329 e. The summed E-state index contributed by atoms with van der Waals surface area (Å²) >= 11 is 0. The maximum absolute atomic E-state index is 6.06. The van der Waals surface area contributed by atoms with Gasteiger partial charge in [-0.05, 0) is 31.5 Å². The zero-order chi connectivity index (χ0) is 12.8. The second kappa shape index (κ2) is 6.30. The van der Waals surface area contributed by atoms with Gasteiger partial charge in [0.2, 0.25) is 0 Å². The Labute approximate surface area is 110 Å². The molecule has 2 N–H and O–H groups in total. The summed E-state index contributed by atoms with van der Waals surface area (Å²) in [5.41, 5.74) is 7.51. The number of aromatic nitrogens is 1. The Morgan fingerprint density at radius 1 is 1.33 bits per heavy atom. The molecule has 0 saturated heterocycles. The molecule has 0 radical (unpaired) electrons. The van der Waals surface area contributed by atoms with E-state index >= 15 is 0 Å². The summed E-state index contributed by atoms with van der Waals surface area (Å²) < 4.78 is 0. The van der Waals surface area contributed by atoms with E-state index in [1.54, 1.807) is 0 Å². The molecule has 0 amide bonds. The molecule has 1 fully saturated rings. The van der Waals surface area contributed by atoms with Crippen LogP contribution in [0.5, 0.6) is 0 Å². The van der Waals surface area contributed by atoms with E-state index in [2.05, 4.69) is 28.9 Å². The minimum absolute atomic E-state index is 0.267. The van der Waals surface area contributed by atoms with Crippen LogP contribution in [0.1, 0.15) is 38.3 Å². The van der Waals surface area contributed by atoms with E-state index in [9.17, 15) is 0 Å². The van der Waals surface area contributed by atoms with Crippen molar-refractivity contribution in [2.45, 2.75) is 44.6 Å². The van der Waals surface area contributed by atoms with E-state index in [4.69, 9.17) is 5.73 Å². The van der Waals surface area contributed by atoms with Crippen LogP contribution in [0.3, 0.4) is 0 Å². The molecule has 1 aliphatic carbocycles. The summed E-state index contributed by atoms with van der Waals surface area (Å²) in [6.45, 7) is 5.20. The van der Waals surface area contributed by atoms with E-state index in [0.29, 0.717) is 0 Å². The van der Waals surface area contributed by atoms with Gasteiger partial charge >= 0.3 is 0 Å². The van der Waals surface area contributed by atoms with Crippen molar-refractivity contribution in [1.82, 2.24) is 9.88 Å².